The first-order valence-electron chi connectivity index (χ1n) is 6.92. The molecule has 3 heteroatoms. The molecule has 1 heterocycles. The zero-order valence-electron chi connectivity index (χ0n) is 11.7. The Balaban J connectivity index is 2.15. The van der Waals surface area contributed by atoms with Crippen LogP contribution in [-0.2, 0) is 0 Å². The Morgan fingerprint density at radius 1 is 1.41 bits per heavy atom. The Bertz CT molecular complexity index is 238. The molecule has 1 unspecified atom stereocenters. The Hall–Kier alpha value is -0.590. The molecule has 1 rings (SSSR count). The van der Waals surface area contributed by atoms with Crippen molar-refractivity contribution in [2.24, 2.45) is 11.8 Å². The van der Waals surface area contributed by atoms with Crippen LogP contribution in [0.25, 0.3) is 0 Å². The summed E-state index contributed by atoms with van der Waals surface area (Å²) in [5, 5.41) is 8.94. The summed E-state index contributed by atoms with van der Waals surface area (Å²) in [5.41, 5.74) is 0. The maximum absolute atomic E-state index is 8.94. The highest BCUT2D eigenvalue weighted by atomic mass is 15.1. The summed E-state index contributed by atoms with van der Waals surface area (Å²) in [4.78, 5) is 4.75. The lowest BCUT2D eigenvalue weighted by Crippen LogP contribution is -2.33. The van der Waals surface area contributed by atoms with Gasteiger partial charge in [-0.1, -0.05) is 6.92 Å². The van der Waals surface area contributed by atoms with Crippen LogP contribution in [0.3, 0.4) is 0 Å². The van der Waals surface area contributed by atoms with Gasteiger partial charge in [0.25, 0.3) is 0 Å². The largest absolute Gasteiger partial charge is 0.306 e. The van der Waals surface area contributed by atoms with E-state index in [1.165, 1.54) is 32.4 Å². The van der Waals surface area contributed by atoms with Crippen molar-refractivity contribution < 1.29 is 0 Å². The molecule has 1 aliphatic rings. The van der Waals surface area contributed by atoms with Crippen LogP contribution < -0.4 is 0 Å². The molecule has 0 amide bonds. The third kappa shape index (κ3) is 5.52. The van der Waals surface area contributed by atoms with E-state index in [1.54, 1.807) is 0 Å². The normalized spacial score (nSPS) is 20.4. The van der Waals surface area contributed by atoms with Gasteiger partial charge in [-0.3, -0.25) is 0 Å². The van der Waals surface area contributed by atoms with E-state index in [-0.39, 0.29) is 5.92 Å². The number of hydrogen-bond donors (Lipinski definition) is 0. The highest BCUT2D eigenvalue weighted by molar-refractivity contribution is 4.83. The molecule has 0 saturated carbocycles. The molecule has 0 aromatic rings. The van der Waals surface area contributed by atoms with Crippen LogP contribution in [-0.4, -0.2) is 50.1 Å². The molecule has 0 spiro atoms. The average molecular weight is 237 g/mol. The van der Waals surface area contributed by atoms with Crippen LogP contribution in [0.1, 0.15) is 32.6 Å². The van der Waals surface area contributed by atoms with Crippen LogP contribution in [0.4, 0.5) is 0 Å². The van der Waals surface area contributed by atoms with Gasteiger partial charge in [-0.2, -0.15) is 5.26 Å². The van der Waals surface area contributed by atoms with E-state index in [4.69, 9.17) is 5.26 Å². The smallest absolute Gasteiger partial charge is 0.0669 e. The monoisotopic (exact) mass is 237 g/mol. The van der Waals surface area contributed by atoms with Gasteiger partial charge in [-0.25, -0.2) is 0 Å². The Kier molecular flexibility index (Phi) is 6.54. The van der Waals surface area contributed by atoms with Crippen molar-refractivity contribution in [2.45, 2.75) is 32.6 Å². The molecule has 0 N–H and O–H groups in total. The fourth-order valence-electron chi connectivity index (χ4n) is 2.48. The fraction of sp³-hybridized carbons (Fsp3) is 0.929. The molecule has 1 saturated heterocycles. The molecule has 0 aromatic heterocycles. The predicted octanol–water partition coefficient (Wildman–Crippen LogP) is 2.20. The first-order chi connectivity index (χ1) is 8.15. The summed E-state index contributed by atoms with van der Waals surface area (Å²) < 4.78 is 0. The molecular formula is C14H27N3. The first kappa shape index (κ1) is 14.5. The van der Waals surface area contributed by atoms with E-state index in [0.29, 0.717) is 0 Å². The Morgan fingerprint density at radius 2 is 2.06 bits per heavy atom. The van der Waals surface area contributed by atoms with E-state index in [2.05, 4.69) is 36.9 Å². The van der Waals surface area contributed by atoms with Gasteiger partial charge in [0.1, 0.15) is 0 Å². The van der Waals surface area contributed by atoms with E-state index in [0.717, 1.165) is 25.4 Å². The molecule has 1 aliphatic heterocycles. The van der Waals surface area contributed by atoms with Gasteiger partial charge in [0, 0.05) is 6.54 Å². The molecule has 98 valence electrons. The summed E-state index contributed by atoms with van der Waals surface area (Å²) in [7, 11) is 4.36. The van der Waals surface area contributed by atoms with Gasteiger partial charge in [0.05, 0.1) is 12.0 Å². The highest BCUT2D eigenvalue weighted by Crippen LogP contribution is 2.19. The van der Waals surface area contributed by atoms with Gasteiger partial charge in [0.2, 0.25) is 0 Å². The van der Waals surface area contributed by atoms with Crippen molar-refractivity contribution in [1.82, 2.24) is 9.80 Å². The van der Waals surface area contributed by atoms with Crippen LogP contribution >= 0.6 is 0 Å². The number of nitrogens with zero attached hydrogens (tertiary/aromatic N) is 3. The lowest BCUT2D eigenvalue weighted by atomic mass is 9.93. The fourth-order valence-corrected chi connectivity index (χ4v) is 2.48. The average Bonchev–Trinajstić information content (AvgIpc) is 2.35. The molecule has 17 heavy (non-hydrogen) atoms. The van der Waals surface area contributed by atoms with Crippen molar-refractivity contribution in [3.8, 4) is 6.07 Å². The quantitative estimate of drug-likeness (QED) is 0.709. The summed E-state index contributed by atoms with van der Waals surface area (Å²) >= 11 is 0. The van der Waals surface area contributed by atoms with Crippen molar-refractivity contribution in [3.63, 3.8) is 0 Å². The first-order valence-corrected chi connectivity index (χ1v) is 6.92. The summed E-state index contributed by atoms with van der Waals surface area (Å²) in [6.45, 7) is 6.68. The van der Waals surface area contributed by atoms with E-state index in [1.807, 2.05) is 0 Å². The van der Waals surface area contributed by atoms with Crippen LogP contribution in [0.2, 0.25) is 0 Å². The van der Waals surface area contributed by atoms with Gasteiger partial charge in [-0.05, 0) is 65.3 Å². The molecule has 1 fully saturated rings. The zero-order valence-corrected chi connectivity index (χ0v) is 11.7. The molecule has 3 nitrogen and oxygen atoms in total. The van der Waals surface area contributed by atoms with Crippen LogP contribution in [0.15, 0.2) is 0 Å². The second-order valence-electron chi connectivity index (χ2n) is 5.53. The van der Waals surface area contributed by atoms with Crippen molar-refractivity contribution in [1.29, 1.82) is 5.26 Å². The number of hydrogen-bond acceptors (Lipinski definition) is 3. The van der Waals surface area contributed by atoms with E-state index in [9.17, 15) is 0 Å². The standard InChI is InChI=1S/C14H27N3/c1-4-13(11-15)12-17(3)10-7-14-5-8-16(2)9-6-14/h13-14H,4-10,12H2,1-3H3. The Labute approximate surface area is 106 Å². The van der Waals surface area contributed by atoms with Crippen LogP contribution in [0, 0.1) is 23.2 Å². The molecular weight excluding hydrogens is 210 g/mol. The molecule has 1 atom stereocenters. The molecule has 0 aromatic carbocycles. The third-order valence-corrected chi connectivity index (χ3v) is 3.96. The van der Waals surface area contributed by atoms with E-state index >= 15 is 0 Å². The Morgan fingerprint density at radius 3 is 2.59 bits per heavy atom. The zero-order chi connectivity index (χ0) is 12.7. The van der Waals surface area contributed by atoms with Crippen molar-refractivity contribution in [2.75, 3.05) is 40.3 Å². The lowest BCUT2D eigenvalue weighted by molar-refractivity contribution is 0.192. The number of piperidine rings is 1. The second kappa shape index (κ2) is 7.68. The minimum atomic E-state index is 0.206. The molecule has 0 radical (unpaired) electrons. The van der Waals surface area contributed by atoms with Gasteiger partial charge in [-0.15, -0.1) is 0 Å². The minimum Gasteiger partial charge on any atom is -0.306 e. The minimum absolute atomic E-state index is 0.206. The van der Waals surface area contributed by atoms with E-state index < -0.39 is 0 Å². The van der Waals surface area contributed by atoms with Gasteiger partial charge >= 0.3 is 0 Å². The molecule has 0 aliphatic carbocycles. The molecule has 0 bridgehead atoms. The van der Waals surface area contributed by atoms with Gasteiger partial charge in [0.15, 0.2) is 0 Å². The van der Waals surface area contributed by atoms with Crippen molar-refractivity contribution >= 4 is 0 Å². The number of nitriles is 1. The predicted molar refractivity (Wildman–Crippen MR) is 71.7 cm³/mol. The highest BCUT2D eigenvalue weighted by Gasteiger charge is 2.17. The van der Waals surface area contributed by atoms with Crippen LogP contribution in [0.5, 0.6) is 0 Å². The van der Waals surface area contributed by atoms with Crippen molar-refractivity contribution in [3.05, 3.63) is 0 Å². The summed E-state index contributed by atoms with van der Waals surface area (Å²) in [6, 6.07) is 2.38. The lowest BCUT2D eigenvalue weighted by Gasteiger charge is -2.30. The third-order valence-electron chi connectivity index (χ3n) is 3.96. The maximum atomic E-state index is 8.94. The van der Waals surface area contributed by atoms with Gasteiger partial charge < -0.3 is 9.80 Å². The maximum Gasteiger partial charge on any atom is 0.0669 e. The second-order valence-corrected chi connectivity index (χ2v) is 5.53. The summed E-state index contributed by atoms with van der Waals surface area (Å²) in [6.07, 6.45) is 4.96. The number of likely N-dealkylation sites (tertiary alicyclic amines) is 1. The SMILES string of the molecule is CCC(C#N)CN(C)CCC1CCN(C)CC1. The number of rotatable bonds is 6. The topological polar surface area (TPSA) is 30.3 Å². The summed E-state index contributed by atoms with van der Waals surface area (Å²) in [5.74, 6) is 1.10.